The summed E-state index contributed by atoms with van der Waals surface area (Å²) < 4.78 is 53.5. The molecular formula is C12H14ClF4NO. The molecule has 1 fully saturated rings. The van der Waals surface area contributed by atoms with Crippen molar-refractivity contribution < 1.29 is 22.3 Å². The van der Waals surface area contributed by atoms with E-state index in [2.05, 4.69) is 4.74 Å². The number of hydrogen-bond acceptors (Lipinski definition) is 2. The minimum Gasteiger partial charge on any atom is -0.428 e. The molecule has 1 saturated carbocycles. The van der Waals surface area contributed by atoms with Gasteiger partial charge in [-0.15, -0.1) is 12.4 Å². The summed E-state index contributed by atoms with van der Waals surface area (Å²) in [4.78, 5) is 0. The minimum atomic E-state index is -4.48. The van der Waals surface area contributed by atoms with E-state index in [1.165, 1.54) is 18.2 Å². The zero-order valence-corrected chi connectivity index (χ0v) is 10.7. The van der Waals surface area contributed by atoms with Crippen LogP contribution in [0.15, 0.2) is 24.3 Å². The molecule has 0 spiro atoms. The van der Waals surface area contributed by atoms with E-state index in [0.717, 1.165) is 12.8 Å². The van der Waals surface area contributed by atoms with Crippen LogP contribution in [0, 0.1) is 5.92 Å². The average molecular weight is 300 g/mol. The molecule has 0 bridgehead atoms. The lowest BCUT2D eigenvalue weighted by atomic mass is 10.0. The number of benzene rings is 1. The van der Waals surface area contributed by atoms with Gasteiger partial charge in [0.1, 0.15) is 5.75 Å². The number of halogens is 5. The second kappa shape index (κ2) is 5.96. The van der Waals surface area contributed by atoms with Crippen LogP contribution in [0.2, 0.25) is 0 Å². The minimum absolute atomic E-state index is 0. The van der Waals surface area contributed by atoms with Gasteiger partial charge in [-0.25, -0.2) is 0 Å². The number of ether oxygens (including phenoxy) is 1. The van der Waals surface area contributed by atoms with Crippen LogP contribution in [0.3, 0.4) is 0 Å². The van der Waals surface area contributed by atoms with Gasteiger partial charge in [0.05, 0.1) is 0 Å². The van der Waals surface area contributed by atoms with Gasteiger partial charge in [0, 0.05) is 6.04 Å². The molecule has 0 amide bonds. The summed E-state index contributed by atoms with van der Waals surface area (Å²) in [6, 6.07) is 5.39. The molecule has 7 heteroatoms. The van der Waals surface area contributed by atoms with E-state index in [1.807, 2.05) is 0 Å². The molecule has 0 aromatic heterocycles. The number of hydrogen-bond donors (Lipinski definition) is 1. The topological polar surface area (TPSA) is 35.2 Å². The van der Waals surface area contributed by atoms with E-state index >= 15 is 0 Å². The van der Waals surface area contributed by atoms with Crippen molar-refractivity contribution in [3.63, 3.8) is 0 Å². The third kappa shape index (κ3) is 3.98. The smallest absolute Gasteiger partial charge is 0.428 e. The summed E-state index contributed by atoms with van der Waals surface area (Å²) in [5, 5.41) is 0. The van der Waals surface area contributed by atoms with E-state index in [9.17, 15) is 17.6 Å². The van der Waals surface area contributed by atoms with Crippen molar-refractivity contribution in [2.75, 3.05) is 0 Å². The van der Waals surface area contributed by atoms with E-state index < -0.39 is 12.5 Å². The average Bonchev–Trinajstić information content (AvgIpc) is 3.11. The van der Waals surface area contributed by atoms with E-state index in [4.69, 9.17) is 5.73 Å². The summed E-state index contributed by atoms with van der Waals surface area (Å²) in [5.41, 5.74) is 6.53. The van der Waals surface area contributed by atoms with Gasteiger partial charge >= 0.3 is 12.5 Å². The number of rotatable bonds is 5. The highest BCUT2D eigenvalue weighted by Crippen LogP contribution is 2.40. The van der Waals surface area contributed by atoms with Crippen molar-refractivity contribution in [1.82, 2.24) is 0 Å². The molecule has 108 valence electrons. The first-order chi connectivity index (χ1) is 8.40. The SMILES string of the molecule is Cl.N[C@H](c1cccc(OC(F)(F)C(F)F)c1)C1CC1. The lowest BCUT2D eigenvalue weighted by Gasteiger charge is -2.18. The molecule has 1 aromatic carbocycles. The van der Waals surface area contributed by atoms with E-state index in [-0.39, 0.29) is 24.2 Å². The quantitative estimate of drug-likeness (QED) is 0.840. The molecule has 0 heterocycles. The van der Waals surface area contributed by atoms with Crippen LogP contribution in [0.5, 0.6) is 5.75 Å². The van der Waals surface area contributed by atoms with Crippen LogP contribution in [0.4, 0.5) is 17.6 Å². The number of nitrogens with two attached hydrogens (primary N) is 1. The van der Waals surface area contributed by atoms with Crippen molar-refractivity contribution in [3.8, 4) is 5.75 Å². The lowest BCUT2D eigenvalue weighted by Crippen LogP contribution is -2.33. The first-order valence-electron chi connectivity index (χ1n) is 5.60. The van der Waals surface area contributed by atoms with Gasteiger partial charge in [-0.2, -0.15) is 17.6 Å². The normalized spacial score (nSPS) is 16.9. The molecule has 2 N–H and O–H groups in total. The Morgan fingerprint density at radius 3 is 2.42 bits per heavy atom. The molecule has 2 rings (SSSR count). The monoisotopic (exact) mass is 299 g/mol. The largest absolute Gasteiger partial charge is 0.461 e. The van der Waals surface area contributed by atoms with Gasteiger partial charge in [-0.3, -0.25) is 0 Å². The number of alkyl halides is 4. The van der Waals surface area contributed by atoms with Crippen molar-refractivity contribution in [2.24, 2.45) is 11.7 Å². The summed E-state index contributed by atoms with van der Waals surface area (Å²) in [5.74, 6) is 0.0461. The highest BCUT2D eigenvalue weighted by atomic mass is 35.5. The predicted molar refractivity (Wildman–Crippen MR) is 64.9 cm³/mol. The Morgan fingerprint density at radius 1 is 1.26 bits per heavy atom. The van der Waals surface area contributed by atoms with Crippen LogP contribution >= 0.6 is 12.4 Å². The summed E-state index contributed by atoms with van der Waals surface area (Å²) >= 11 is 0. The molecular weight excluding hydrogens is 286 g/mol. The van der Waals surface area contributed by atoms with Crippen molar-refractivity contribution >= 4 is 12.4 Å². The van der Waals surface area contributed by atoms with Gasteiger partial charge in [0.25, 0.3) is 0 Å². The fraction of sp³-hybridized carbons (Fsp3) is 0.500. The molecule has 1 aliphatic carbocycles. The van der Waals surface area contributed by atoms with Crippen molar-refractivity contribution in [1.29, 1.82) is 0 Å². The highest BCUT2D eigenvalue weighted by molar-refractivity contribution is 5.85. The van der Waals surface area contributed by atoms with E-state index in [0.29, 0.717) is 11.5 Å². The fourth-order valence-electron chi connectivity index (χ4n) is 1.71. The lowest BCUT2D eigenvalue weighted by molar-refractivity contribution is -0.253. The zero-order chi connectivity index (χ0) is 13.3. The van der Waals surface area contributed by atoms with Gasteiger partial charge in [0.2, 0.25) is 0 Å². The van der Waals surface area contributed by atoms with Crippen LogP contribution in [-0.2, 0) is 0 Å². The van der Waals surface area contributed by atoms with Gasteiger partial charge < -0.3 is 10.5 Å². The van der Waals surface area contributed by atoms with Crippen molar-refractivity contribution in [2.45, 2.75) is 31.4 Å². The second-order valence-corrected chi connectivity index (χ2v) is 4.40. The molecule has 1 aromatic rings. The Labute approximate surface area is 114 Å². The molecule has 0 saturated heterocycles. The molecule has 1 aliphatic rings. The van der Waals surface area contributed by atoms with Crippen LogP contribution in [-0.4, -0.2) is 12.5 Å². The highest BCUT2D eigenvalue weighted by Gasteiger charge is 2.44. The van der Waals surface area contributed by atoms with Gasteiger partial charge in [-0.1, -0.05) is 12.1 Å². The standard InChI is InChI=1S/C12H13F4NO.ClH/c13-11(14)12(15,16)18-9-3-1-2-8(6-9)10(17)7-4-5-7;/h1-3,6-7,10-11H,4-5,17H2;1H/t10-;/m0./s1. The Morgan fingerprint density at radius 2 is 1.89 bits per heavy atom. The molecule has 0 unspecified atom stereocenters. The zero-order valence-electron chi connectivity index (χ0n) is 9.86. The van der Waals surface area contributed by atoms with Gasteiger partial charge in [0.15, 0.2) is 0 Å². The second-order valence-electron chi connectivity index (χ2n) is 4.40. The van der Waals surface area contributed by atoms with Crippen LogP contribution in [0.1, 0.15) is 24.4 Å². The first kappa shape index (κ1) is 16.0. The molecule has 19 heavy (non-hydrogen) atoms. The predicted octanol–water partition coefficient (Wildman–Crippen LogP) is 3.75. The third-order valence-electron chi connectivity index (χ3n) is 2.88. The molecule has 2 nitrogen and oxygen atoms in total. The molecule has 0 aliphatic heterocycles. The van der Waals surface area contributed by atoms with Crippen molar-refractivity contribution in [3.05, 3.63) is 29.8 Å². The fourth-order valence-corrected chi connectivity index (χ4v) is 1.71. The van der Waals surface area contributed by atoms with E-state index in [1.54, 1.807) is 6.07 Å². The van der Waals surface area contributed by atoms with Crippen LogP contribution < -0.4 is 10.5 Å². The summed E-state index contributed by atoms with van der Waals surface area (Å²) in [6.07, 6.45) is -6.35. The summed E-state index contributed by atoms with van der Waals surface area (Å²) in [7, 11) is 0. The first-order valence-corrected chi connectivity index (χ1v) is 5.60. The maximum Gasteiger partial charge on any atom is 0.461 e. The Hall–Kier alpha value is -1.01. The maximum absolute atomic E-state index is 12.7. The molecule has 1 atom stereocenters. The third-order valence-corrected chi connectivity index (χ3v) is 2.88. The Balaban J connectivity index is 0.00000180. The Bertz CT molecular complexity index is 426. The maximum atomic E-state index is 12.7. The Kier molecular flexibility index (Phi) is 5.04. The van der Waals surface area contributed by atoms with Gasteiger partial charge in [-0.05, 0) is 36.5 Å². The summed E-state index contributed by atoms with van der Waals surface area (Å²) in [6.45, 7) is 0. The van der Waals surface area contributed by atoms with Crippen LogP contribution in [0.25, 0.3) is 0 Å². The molecule has 0 radical (unpaired) electrons.